The molecule has 1 aliphatic rings. The first-order chi connectivity index (χ1) is 6.74. The van der Waals surface area contributed by atoms with E-state index in [1.807, 2.05) is 24.3 Å². The Morgan fingerprint density at radius 3 is 3.00 bits per heavy atom. The normalized spacial score (nSPS) is 26.4. The molecule has 1 N–H and O–H groups in total. The summed E-state index contributed by atoms with van der Waals surface area (Å²) in [6.45, 7) is 0. The monoisotopic (exact) mass is 210 g/mol. The summed E-state index contributed by atoms with van der Waals surface area (Å²) in [5.74, 6) is 2.64. The van der Waals surface area contributed by atoms with Crippen LogP contribution in [0.1, 0.15) is 12.0 Å². The van der Waals surface area contributed by atoms with E-state index in [0.29, 0.717) is 0 Å². The van der Waals surface area contributed by atoms with Crippen molar-refractivity contribution in [2.45, 2.75) is 12.0 Å². The SMILES string of the molecule is COc1cccc([C@@]2(O)CCSC2)c1. The van der Waals surface area contributed by atoms with Crippen molar-refractivity contribution in [3.05, 3.63) is 29.8 Å². The molecular formula is C11H14O2S. The van der Waals surface area contributed by atoms with Crippen molar-refractivity contribution in [1.29, 1.82) is 0 Å². The number of methoxy groups -OCH3 is 1. The van der Waals surface area contributed by atoms with Gasteiger partial charge in [0.1, 0.15) is 5.75 Å². The van der Waals surface area contributed by atoms with Gasteiger partial charge in [-0.3, -0.25) is 0 Å². The van der Waals surface area contributed by atoms with Crippen LogP contribution in [0, 0.1) is 0 Å². The Kier molecular flexibility index (Phi) is 2.70. The van der Waals surface area contributed by atoms with E-state index in [1.54, 1.807) is 18.9 Å². The lowest BCUT2D eigenvalue weighted by Crippen LogP contribution is -2.24. The van der Waals surface area contributed by atoms with E-state index in [0.717, 1.165) is 29.2 Å². The average molecular weight is 210 g/mol. The molecule has 0 radical (unpaired) electrons. The summed E-state index contributed by atoms with van der Waals surface area (Å²) in [6, 6.07) is 7.71. The maximum absolute atomic E-state index is 10.3. The van der Waals surface area contributed by atoms with Crippen LogP contribution >= 0.6 is 11.8 Å². The Hall–Kier alpha value is -0.670. The first-order valence-electron chi connectivity index (χ1n) is 4.69. The third kappa shape index (κ3) is 1.74. The second-order valence-electron chi connectivity index (χ2n) is 3.57. The number of ether oxygens (including phenoxy) is 1. The van der Waals surface area contributed by atoms with Crippen molar-refractivity contribution in [3.63, 3.8) is 0 Å². The van der Waals surface area contributed by atoms with E-state index in [4.69, 9.17) is 4.74 Å². The zero-order valence-electron chi connectivity index (χ0n) is 8.19. The average Bonchev–Trinajstić information content (AvgIpc) is 2.67. The molecule has 14 heavy (non-hydrogen) atoms. The van der Waals surface area contributed by atoms with Crippen molar-refractivity contribution < 1.29 is 9.84 Å². The summed E-state index contributed by atoms with van der Waals surface area (Å²) in [7, 11) is 1.65. The van der Waals surface area contributed by atoms with Crippen LogP contribution in [0.15, 0.2) is 24.3 Å². The maximum Gasteiger partial charge on any atom is 0.119 e. The maximum atomic E-state index is 10.3. The van der Waals surface area contributed by atoms with Gasteiger partial charge in [0.2, 0.25) is 0 Å². The predicted octanol–water partition coefficient (Wildman–Crippen LogP) is 2.02. The third-order valence-corrected chi connectivity index (χ3v) is 3.78. The first-order valence-corrected chi connectivity index (χ1v) is 5.85. The number of hydrogen-bond acceptors (Lipinski definition) is 3. The molecule has 0 amide bonds. The summed E-state index contributed by atoms with van der Waals surface area (Å²) < 4.78 is 5.14. The Balaban J connectivity index is 2.30. The van der Waals surface area contributed by atoms with E-state index < -0.39 is 5.60 Å². The molecule has 1 fully saturated rings. The van der Waals surface area contributed by atoms with Crippen LogP contribution in [-0.2, 0) is 5.60 Å². The fourth-order valence-electron chi connectivity index (χ4n) is 1.69. The van der Waals surface area contributed by atoms with Crippen LogP contribution in [-0.4, -0.2) is 23.7 Å². The van der Waals surface area contributed by atoms with Gasteiger partial charge in [-0.2, -0.15) is 11.8 Å². The molecule has 1 aliphatic heterocycles. The minimum Gasteiger partial charge on any atom is -0.497 e. The summed E-state index contributed by atoms with van der Waals surface area (Å²) in [6.07, 6.45) is 0.838. The van der Waals surface area contributed by atoms with Gasteiger partial charge in [0.25, 0.3) is 0 Å². The summed E-state index contributed by atoms with van der Waals surface area (Å²) in [4.78, 5) is 0. The van der Waals surface area contributed by atoms with Gasteiger partial charge in [0, 0.05) is 5.75 Å². The van der Waals surface area contributed by atoms with E-state index in [9.17, 15) is 5.11 Å². The molecule has 76 valence electrons. The van der Waals surface area contributed by atoms with Crippen LogP contribution in [0.5, 0.6) is 5.75 Å². The zero-order valence-corrected chi connectivity index (χ0v) is 9.01. The quantitative estimate of drug-likeness (QED) is 0.809. The molecule has 0 saturated carbocycles. The van der Waals surface area contributed by atoms with E-state index in [1.165, 1.54) is 0 Å². The van der Waals surface area contributed by atoms with Gasteiger partial charge >= 0.3 is 0 Å². The van der Waals surface area contributed by atoms with Crippen LogP contribution in [0.4, 0.5) is 0 Å². The Labute approximate surface area is 88.3 Å². The lowest BCUT2D eigenvalue weighted by atomic mass is 9.93. The van der Waals surface area contributed by atoms with Crippen molar-refractivity contribution >= 4 is 11.8 Å². The van der Waals surface area contributed by atoms with E-state index in [-0.39, 0.29) is 0 Å². The number of rotatable bonds is 2. The minimum absolute atomic E-state index is 0.640. The van der Waals surface area contributed by atoms with Crippen LogP contribution in [0.2, 0.25) is 0 Å². The van der Waals surface area contributed by atoms with Gasteiger partial charge in [0.05, 0.1) is 12.7 Å². The van der Waals surface area contributed by atoms with Gasteiger partial charge in [-0.05, 0) is 29.9 Å². The molecule has 1 aromatic rings. The second-order valence-corrected chi connectivity index (χ2v) is 4.67. The highest BCUT2D eigenvalue weighted by Gasteiger charge is 2.33. The largest absolute Gasteiger partial charge is 0.497 e. The molecule has 0 spiro atoms. The molecule has 1 atom stereocenters. The third-order valence-electron chi connectivity index (χ3n) is 2.61. The fourth-order valence-corrected chi connectivity index (χ4v) is 2.97. The smallest absolute Gasteiger partial charge is 0.119 e. The molecular weight excluding hydrogens is 196 g/mol. The fraction of sp³-hybridized carbons (Fsp3) is 0.455. The lowest BCUT2D eigenvalue weighted by Gasteiger charge is -2.22. The molecule has 1 saturated heterocycles. The number of thioether (sulfide) groups is 1. The summed E-state index contributed by atoms with van der Waals surface area (Å²) in [5, 5.41) is 10.3. The van der Waals surface area contributed by atoms with Crippen molar-refractivity contribution in [1.82, 2.24) is 0 Å². The molecule has 2 rings (SSSR count). The number of benzene rings is 1. The van der Waals surface area contributed by atoms with Gasteiger partial charge < -0.3 is 9.84 Å². The highest BCUT2D eigenvalue weighted by atomic mass is 32.2. The zero-order chi connectivity index (χ0) is 10.0. The Morgan fingerprint density at radius 1 is 1.50 bits per heavy atom. The molecule has 0 aliphatic carbocycles. The number of aliphatic hydroxyl groups is 1. The number of hydrogen-bond donors (Lipinski definition) is 1. The topological polar surface area (TPSA) is 29.5 Å². The first kappa shape index (κ1) is 9.87. The van der Waals surface area contributed by atoms with Gasteiger partial charge in [-0.25, -0.2) is 0 Å². The van der Waals surface area contributed by atoms with Crippen LogP contribution in [0.3, 0.4) is 0 Å². The molecule has 1 heterocycles. The molecule has 1 aromatic carbocycles. The van der Waals surface area contributed by atoms with Gasteiger partial charge in [-0.15, -0.1) is 0 Å². The van der Waals surface area contributed by atoms with Crippen molar-refractivity contribution in [3.8, 4) is 5.75 Å². The van der Waals surface area contributed by atoms with Crippen LogP contribution < -0.4 is 4.74 Å². The van der Waals surface area contributed by atoms with Crippen molar-refractivity contribution in [2.75, 3.05) is 18.6 Å². The molecule has 0 bridgehead atoms. The molecule has 3 heteroatoms. The van der Waals surface area contributed by atoms with E-state index in [2.05, 4.69) is 0 Å². The van der Waals surface area contributed by atoms with Gasteiger partial charge in [0.15, 0.2) is 0 Å². The molecule has 0 unspecified atom stereocenters. The Bertz CT molecular complexity index is 319. The molecule has 2 nitrogen and oxygen atoms in total. The van der Waals surface area contributed by atoms with Crippen LogP contribution in [0.25, 0.3) is 0 Å². The Morgan fingerprint density at radius 2 is 2.36 bits per heavy atom. The lowest BCUT2D eigenvalue weighted by molar-refractivity contribution is 0.0655. The van der Waals surface area contributed by atoms with E-state index >= 15 is 0 Å². The standard InChI is InChI=1S/C11H14O2S/c1-13-10-4-2-3-9(7-10)11(12)5-6-14-8-11/h2-4,7,12H,5-6,8H2,1H3/t11-/m1/s1. The van der Waals surface area contributed by atoms with Gasteiger partial charge in [-0.1, -0.05) is 12.1 Å². The highest BCUT2D eigenvalue weighted by Crippen LogP contribution is 2.37. The van der Waals surface area contributed by atoms with Crippen molar-refractivity contribution in [2.24, 2.45) is 0 Å². The molecule has 0 aromatic heterocycles. The predicted molar refractivity (Wildman–Crippen MR) is 58.8 cm³/mol. The summed E-state index contributed by atoms with van der Waals surface area (Å²) in [5.41, 5.74) is 0.334. The second kappa shape index (κ2) is 3.83. The summed E-state index contributed by atoms with van der Waals surface area (Å²) >= 11 is 1.80. The highest BCUT2D eigenvalue weighted by molar-refractivity contribution is 7.99. The minimum atomic E-state index is -0.640.